The van der Waals surface area contributed by atoms with Crippen LogP contribution >= 0.6 is 0 Å². The Kier molecular flexibility index (Phi) is 4.49. The summed E-state index contributed by atoms with van der Waals surface area (Å²) in [5, 5.41) is 9.60. The smallest absolute Gasteiger partial charge is 0.243 e. The van der Waals surface area contributed by atoms with E-state index in [4.69, 9.17) is 5.73 Å². The normalized spacial score (nSPS) is 22.1. The van der Waals surface area contributed by atoms with Crippen LogP contribution in [0.2, 0.25) is 0 Å². The van der Waals surface area contributed by atoms with E-state index in [0.717, 1.165) is 11.1 Å². The number of hydrogen-bond donors (Lipinski definition) is 2. The van der Waals surface area contributed by atoms with Crippen LogP contribution in [0.4, 0.5) is 0 Å². The number of nitrogens with two attached hydrogens (primary N) is 1. The molecule has 0 aromatic heterocycles. The Labute approximate surface area is 120 Å². The van der Waals surface area contributed by atoms with Crippen molar-refractivity contribution in [2.45, 2.75) is 37.8 Å². The van der Waals surface area contributed by atoms with Crippen molar-refractivity contribution in [3.63, 3.8) is 0 Å². The molecule has 2 unspecified atom stereocenters. The molecule has 20 heavy (non-hydrogen) atoms. The van der Waals surface area contributed by atoms with Gasteiger partial charge in [0.25, 0.3) is 0 Å². The average Bonchev–Trinajstić information content (AvgIpc) is 2.89. The second kappa shape index (κ2) is 5.81. The van der Waals surface area contributed by atoms with Crippen molar-refractivity contribution in [2.24, 2.45) is 11.7 Å². The number of nitrogens with zero attached hydrogens (tertiary/aromatic N) is 1. The van der Waals surface area contributed by atoms with Gasteiger partial charge in [0.15, 0.2) is 0 Å². The van der Waals surface area contributed by atoms with Crippen LogP contribution in [0, 0.1) is 12.8 Å². The highest BCUT2D eigenvalue weighted by Crippen LogP contribution is 2.28. The fourth-order valence-corrected chi connectivity index (χ4v) is 4.34. The molecule has 2 rings (SSSR count). The number of aryl methyl sites for hydroxylation is 1. The van der Waals surface area contributed by atoms with E-state index in [1.54, 1.807) is 26.0 Å². The van der Waals surface area contributed by atoms with Crippen molar-refractivity contribution in [2.75, 3.05) is 13.1 Å². The molecule has 2 atom stereocenters. The van der Waals surface area contributed by atoms with Crippen LogP contribution in [0.25, 0.3) is 0 Å². The Morgan fingerprint density at radius 3 is 2.75 bits per heavy atom. The standard InChI is InChI=1S/C14H22N2O3S/c1-10-3-4-12(8-15)7-14(10)20(18,19)16-6-5-13(9-16)11(2)17/h3-4,7,11,13,17H,5-6,8-9,15H2,1-2H3. The summed E-state index contributed by atoms with van der Waals surface area (Å²) >= 11 is 0. The van der Waals surface area contributed by atoms with Gasteiger partial charge < -0.3 is 10.8 Å². The number of rotatable bonds is 4. The van der Waals surface area contributed by atoms with Gasteiger partial charge in [-0.3, -0.25) is 0 Å². The highest BCUT2D eigenvalue weighted by Gasteiger charge is 2.35. The molecule has 112 valence electrons. The summed E-state index contributed by atoms with van der Waals surface area (Å²) in [5.74, 6) is 0.0165. The molecule has 0 saturated carbocycles. The summed E-state index contributed by atoms with van der Waals surface area (Å²) in [6, 6.07) is 5.29. The zero-order chi connectivity index (χ0) is 14.9. The molecule has 0 amide bonds. The maximum atomic E-state index is 12.7. The number of aliphatic hydroxyl groups excluding tert-OH is 1. The Balaban J connectivity index is 2.32. The average molecular weight is 298 g/mol. The van der Waals surface area contributed by atoms with Gasteiger partial charge in [-0.05, 0) is 43.4 Å². The van der Waals surface area contributed by atoms with E-state index < -0.39 is 16.1 Å². The van der Waals surface area contributed by atoms with Gasteiger partial charge >= 0.3 is 0 Å². The molecule has 6 heteroatoms. The third kappa shape index (κ3) is 2.88. The van der Waals surface area contributed by atoms with Gasteiger partial charge in [-0.1, -0.05) is 12.1 Å². The monoisotopic (exact) mass is 298 g/mol. The summed E-state index contributed by atoms with van der Waals surface area (Å²) in [7, 11) is -3.50. The van der Waals surface area contributed by atoms with Crippen molar-refractivity contribution < 1.29 is 13.5 Å². The zero-order valence-electron chi connectivity index (χ0n) is 11.9. The first-order chi connectivity index (χ1) is 9.36. The first-order valence-electron chi connectivity index (χ1n) is 6.84. The quantitative estimate of drug-likeness (QED) is 0.863. The molecule has 5 nitrogen and oxygen atoms in total. The maximum absolute atomic E-state index is 12.7. The molecule has 1 aromatic carbocycles. The first kappa shape index (κ1) is 15.4. The largest absolute Gasteiger partial charge is 0.393 e. The summed E-state index contributed by atoms with van der Waals surface area (Å²) < 4.78 is 26.9. The van der Waals surface area contributed by atoms with Gasteiger partial charge in [-0.15, -0.1) is 0 Å². The van der Waals surface area contributed by atoms with Crippen LogP contribution in [-0.2, 0) is 16.6 Å². The van der Waals surface area contributed by atoms with Crippen molar-refractivity contribution in [3.05, 3.63) is 29.3 Å². The molecule has 0 spiro atoms. The minimum atomic E-state index is -3.50. The predicted molar refractivity (Wildman–Crippen MR) is 77.6 cm³/mol. The third-order valence-electron chi connectivity index (χ3n) is 3.98. The minimum Gasteiger partial charge on any atom is -0.393 e. The molecule has 1 fully saturated rings. The number of aliphatic hydroxyl groups is 1. The van der Waals surface area contributed by atoms with Crippen LogP contribution in [0.15, 0.2) is 23.1 Å². The summed E-state index contributed by atoms with van der Waals surface area (Å²) in [6.45, 7) is 4.66. The highest BCUT2D eigenvalue weighted by molar-refractivity contribution is 7.89. The Morgan fingerprint density at radius 2 is 2.20 bits per heavy atom. The van der Waals surface area contributed by atoms with E-state index in [-0.39, 0.29) is 5.92 Å². The molecule has 1 aliphatic heterocycles. The van der Waals surface area contributed by atoms with Crippen molar-refractivity contribution in [1.82, 2.24) is 4.31 Å². The molecule has 0 aliphatic carbocycles. The second-order valence-electron chi connectivity index (χ2n) is 5.46. The summed E-state index contributed by atoms with van der Waals surface area (Å²) in [4.78, 5) is 0.326. The van der Waals surface area contributed by atoms with E-state index >= 15 is 0 Å². The van der Waals surface area contributed by atoms with E-state index in [2.05, 4.69) is 0 Å². The summed E-state index contributed by atoms with van der Waals surface area (Å²) in [6.07, 6.45) is 0.221. The molecule has 1 saturated heterocycles. The minimum absolute atomic E-state index is 0.0165. The Morgan fingerprint density at radius 1 is 1.50 bits per heavy atom. The van der Waals surface area contributed by atoms with E-state index in [1.807, 2.05) is 6.07 Å². The van der Waals surface area contributed by atoms with Crippen molar-refractivity contribution >= 4 is 10.0 Å². The van der Waals surface area contributed by atoms with E-state index in [0.29, 0.717) is 31.0 Å². The molecular formula is C14H22N2O3S. The van der Waals surface area contributed by atoms with E-state index in [1.165, 1.54) is 4.31 Å². The van der Waals surface area contributed by atoms with Crippen LogP contribution in [0.1, 0.15) is 24.5 Å². The number of sulfonamides is 1. The SMILES string of the molecule is Cc1ccc(CN)cc1S(=O)(=O)N1CCC(C(C)O)C1. The van der Waals surface area contributed by atoms with Gasteiger partial charge in [-0.2, -0.15) is 4.31 Å². The summed E-state index contributed by atoms with van der Waals surface area (Å²) in [5.41, 5.74) is 7.12. The maximum Gasteiger partial charge on any atom is 0.243 e. The van der Waals surface area contributed by atoms with Gasteiger partial charge in [0.05, 0.1) is 11.0 Å². The van der Waals surface area contributed by atoms with Gasteiger partial charge in [0.1, 0.15) is 0 Å². The van der Waals surface area contributed by atoms with Crippen molar-refractivity contribution in [1.29, 1.82) is 0 Å². The highest BCUT2D eigenvalue weighted by atomic mass is 32.2. The van der Waals surface area contributed by atoms with Crippen molar-refractivity contribution in [3.8, 4) is 0 Å². The molecule has 1 aromatic rings. The molecular weight excluding hydrogens is 276 g/mol. The lowest BCUT2D eigenvalue weighted by atomic mass is 10.0. The van der Waals surface area contributed by atoms with Gasteiger partial charge in [0, 0.05) is 19.6 Å². The first-order valence-corrected chi connectivity index (χ1v) is 8.28. The lowest BCUT2D eigenvalue weighted by Crippen LogP contribution is -2.31. The molecule has 0 bridgehead atoms. The molecule has 1 heterocycles. The van der Waals surface area contributed by atoms with Crippen LogP contribution in [0.3, 0.4) is 0 Å². The lowest BCUT2D eigenvalue weighted by molar-refractivity contribution is 0.133. The second-order valence-corrected chi connectivity index (χ2v) is 7.36. The molecule has 3 N–H and O–H groups in total. The Bertz CT molecular complexity index is 584. The number of benzene rings is 1. The topological polar surface area (TPSA) is 83.6 Å². The molecule has 1 aliphatic rings. The van der Waals surface area contributed by atoms with Gasteiger partial charge in [-0.25, -0.2) is 8.42 Å². The van der Waals surface area contributed by atoms with Crippen LogP contribution in [0.5, 0.6) is 0 Å². The third-order valence-corrected chi connectivity index (χ3v) is 5.98. The molecule has 0 radical (unpaired) electrons. The fraction of sp³-hybridized carbons (Fsp3) is 0.571. The lowest BCUT2D eigenvalue weighted by Gasteiger charge is -2.19. The predicted octanol–water partition coefficient (Wildman–Crippen LogP) is 0.845. The van der Waals surface area contributed by atoms with Crippen LogP contribution in [-0.4, -0.2) is 37.0 Å². The van der Waals surface area contributed by atoms with Gasteiger partial charge in [0.2, 0.25) is 10.0 Å². The Hall–Kier alpha value is -0.950. The van der Waals surface area contributed by atoms with E-state index in [9.17, 15) is 13.5 Å². The zero-order valence-corrected chi connectivity index (χ0v) is 12.7. The number of hydrogen-bond acceptors (Lipinski definition) is 4. The fourth-order valence-electron chi connectivity index (χ4n) is 2.55. The van der Waals surface area contributed by atoms with Crippen LogP contribution < -0.4 is 5.73 Å².